The standard InChI is InChI=1S/C19H28O3/c1-2-3-4-5-9-12-17-13-14-18(22-17)15-21-19(20)16-10-7-6-8-11-16/h6-8,10-11,17-18H,2-5,9,12-15H2,1H3/t17-,18+/m1/s1. The zero-order valence-electron chi connectivity index (χ0n) is 13.6. The third-order valence-corrected chi connectivity index (χ3v) is 4.23. The molecule has 0 spiro atoms. The van der Waals surface area contributed by atoms with Gasteiger partial charge in [0.2, 0.25) is 0 Å². The summed E-state index contributed by atoms with van der Waals surface area (Å²) in [7, 11) is 0. The van der Waals surface area contributed by atoms with Gasteiger partial charge in [0.05, 0.1) is 17.8 Å². The van der Waals surface area contributed by atoms with Crippen LogP contribution in [0.3, 0.4) is 0 Å². The van der Waals surface area contributed by atoms with Crippen LogP contribution in [0.1, 0.15) is 68.6 Å². The van der Waals surface area contributed by atoms with Gasteiger partial charge in [-0.15, -0.1) is 0 Å². The summed E-state index contributed by atoms with van der Waals surface area (Å²) in [5, 5.41) is 0. The van der Waals surface area contributed by atoms with Gasteiger partial charge in [0.1, 0.15) is 6.61 Å². The summed E-state index contributed by atoms with van der Waals surface area (Å²) >= 11 is 0. The maximum atomic E-state index is 11.9. The van der Waals surface area contributed by atoms with E-state index in [1.807, 2.05) is 18.2 Å². The molecule has 3 heteroatoms. The molecule has 0 aromatic heterocycles. The van der Waals surface area contributed by atoms with Crippen LogP contribution in [0.4, 0.5) is 0 Å². The van der Waals surface area contributed by atoms with E-state index in [-0.39, 0.29) is 12.1 Å². The van der Waals surface area contributed by atoms with Crippen molar-refractivity contribution >= 4 is 5.97 Å². The van der Waals surface area contributed by atoms with Gasteiger partial charge >= 0.3 is 5.97 Å². The van der Waals surface area contributed by atoms with E-state index in [1.54, 1.807) is 12.1 Å². The first-order valence-electron chi connectivity index (χ1n) is 8.67. The van der Waals surface area contributed by atoms with Gasteiger partial charge in [-0.25, -0.2) is 4.79 Å². The number of carbonyl (C=O) groups is 1. The van der Waals surface area contributed by atoms with Crippen molar-refractivity contribution < 1.29 is 14.3 Å². The molecule has 3 nitrogen and oxygen atoms in total. The first-order chi connectivity index (χ1) is 10.8. The molecule has 1 aromatic rings. The summed E-state index contributed by atoms with van der Waals surface area (Å²) in [6.45, 7) is 2.61. The van der Waals surface area contributed by atoms with Gasteiger partial charge in [-0.2, -0.15) is 0 Å². The summed E-state index contributed by atoms with van der Waals surface area (Å²) in [5.74, 6) is -0.257. The molecule has 2 rings (SSSR count). The third-order valence-electron chi connectivity index (χ3n) is 4.23. The molecule has 1 saturated heterocycles. The lowest BCUT2D eigenvalue weighted by molar-refractivity contribution is -0.0101. The van der Waals surface area contributed by atoms with Crippen molar-refractivity contribution in [3.05, 3.63) is 35.9 Å². The van der Waals surface area contributed by atoms with Gasteiger partial charge in [-0.05, 0) is 31.4 Å². The Balaban J connectivity index is 1.59. The second-order valence-corrected chi connectivity index (χ2v) is 6.12. The SMILES string of the molecule is CCCCCCC[C@@H]1CC[C@@H](COC(=O)c2ccccc2)O1. The maximum absolute atomic E-state index is 11.9. The third kappa shape index (κ3) is 5.80. The van der Waals surface area contributed by atoms with Crippen LogP contribution in [-0.4, -0.2) is 24.8 Å². The van der Waals surface area contributed by atoms with Gasteiger partial charge in [-0.3, -0.25) is 0 Å². The van der Waals surface area contributed by atoms with Gasteiger partial charge < -0.3 is 9.47 Å². The molecule has 0 amide bonds. The average Bonchev–Trinajstić information content (AvgIpc) is 3.01. The van der Waals surface area contributed by atoms with Crippen molar-refractivity contribution in [2.75, 3.05) is 6.61 Å². The van der Waals surface area contributed by atoms with Crippen LogP contribution in [-0.2, 0) is 9.47 Å². The largest absolute Gasteiger partial charge is 0.459 e. The van der Waals surface area contributed by atoms with E-state index in [0.29, 0.717) is 18.3 Å². The van der Waals surface area contributed by atoms with E-state index in [2.05, 4.69) is 6.92 Å². The van der Waals surface area contributed by atoms with Crippen molar-refractivity contribution in [1.29, 1.82) is 0 Å². The van der Waals surface area contributed by atoms with Gasteiger partial charge in [0.15, 0.2) is 0 Å². The molecule has 1 aliphatic heterocycles. The number of ether oxygens (including phenoxy) is 2. The quantitative estimate of drug-likeness (QED) is 0.488. The molecular weight excluding hydrogens is 276 g/mol. The minimum atomic E-state index is -0.257. The predicted octanol–water partition coefficient (Wildman–Crippen LogP) is 4.75. The van der Waals surface area contributed by atoms with E-state index in [4.69, 9.17) is 9.47 Å². The molecule has 0 radical (unpaired) electrons. The summed E-state index contributed by atoms with van der Waals surface area (Å²) in [4.78, 5) is 11.9. The molecular formula is C19H28O3. The summed E-state index contributed by atoms with van der Waals surface area (Å²) < 4.78 is 11.3. The lowest BCUT2D eigenvalue weighted by atomic mass is 10.1. The van der Waals surface area contributed by atoms with E-state index >= 15 is 0 Å². The highest BCUT2D eigenvalue weighted by atomic mass is 16.6. The van der Waals surface area contributed by atoms with Crippen LogP contribution in [0.15, 0.2) is 30.3 Å². The van der Waals surface area contributed by atoms with Gasteiger partial charge in [0, 0.05) is 0 Å². The summed E-state index contributed by atoms with van der Waals surface area (Å²) in [6, 6.07) is 9.13. The average molecular weight is 304 g/mol. The summed E-state index contributed by atoms with van der Waals surface area (Å²) in [6.07, 6.45) is 10.2. The molecule has 0 saturated carbocycles. The highest BCUT2D eigenvalue weighted by Gasteiger charge is 2.26. The number of carbonyl (C=O) groups excluding carboxylic acids is 1. The lowest BCUT2D eigenvalue weighted by Crippen LogP contribution is -2.19. The Morgan fingerprint density at radius 3 is 2.59 bits per heavy atom. The molecule has 0 bridgehead atoms. The smallest absolute Gasteiger partial charge is 0.338 e. The molecule has 1 aromatic carbocycles. The molecule has 1 fully saturated rings. The first-order valence-corrected chi connectivity index (χ1v) is 8.67. The van der Waals surface area contributed by atoms with E-state index in [0.717, 1.165) is 19.3 Å². The second-order valence-electron chi connectivity index (χ2n) is 6.12. The fraction of sp³-hybridized carbons (Fsp3) is 0.632. The fourth-order valence-electron chi connectivity index (χ4n) is 2.92. The Kier molecular flexibility index (Phi) is 7.44. The zero-order valence-corrected chi connectivity index (χ0v) is 13.6. The molecule has 0 aliphatic carbocycles. The van der Waals surface area contributed by atoms with E-state index in [1.165, 1.54) is 32.1 Å². The number of esters is 1. The van der Waals surface area contributed by atoms with E-state index in [9.17, 15) is 4.79 Å². The molecule has 1 heterocycles. The molecule has 1 aliphatic rings. The van der Waals surface area contributed by atoms with Crippen LogP contribution in [0, 0.1) is 0 Å². The maximum Gasteiger partial charge on any atom is 0.338 e. The van der Waals surface area contributed by atoms with Crippen molar-refractivity contribution in [3.63, 3.8) is 0 Å². The normalized spacial score (nSPS) is 21.0. The van der Waals surface area contributed by atoms with Crippen LogP contribution in [0.5, 0.6) is 0 Å². The molecule has 0 N–H and O–H groups in total. The van der Waals surface area contributed by atoms with E-state index < -0.39 is 0 Å². The Morgan fingerprint density at radius 1 is 1.09 bits per heavy atom. The number of rotatable bonds is 9. The Bertz CT molecular complexity index is 430. The topological polar surface area (TPSA) is 35.5 Å². The minimum Gasteiger partial charge on any atom is -0.459 e. The van der Waals surface area contributed by atoms with Crippen LogP contribution >= 0.6 is 0 Å². The van der Waals surface area contributed by atoms with Crippen molar-refractivity contribution in [2.45, 2.75) is 70.5 Å². The number of unbranched alkanes of at least 4 members (excludes halogenated alkanes) is 4. The van der Waals surface area contributed by atoms with Crippen molar-refractivity contribution in [1.82, 2.24) is 0 Å². The first kappa shape index (κ1) is 17.0. The number of benzene rings is 1. The van der Waals surface area contributed by atoms with Crippen molar-refractivity contribution in [2.24, 2.45) is 0 Å². The zero-order chi connectivity index (χ0) is 15.6. The monoisotopic (exact) mass is 304 g/mol. The Hall–Kier alpha value is -1.35. The molecule has 22 heavy (non-hydrogen) atoms. The Morgan fingerprint density at radius 2 is 1.82 bits per heavy atom. The molecule has 122 valence electrons. The highest BCUT2D eigenvalue weighted by molar-refractivity contribution is 5.89. The summed E-state index contributed by atoms with van der Waals surface area (Å²) in [5.41, 5.74) is 0.605. The van der Waals surface area contributed by atoms with Crippen LogP contribution in [0.2, 0.25) is 0 Å². The minimum absolute atomic E-state index is 0.0771. The Labute approximate surface area is 134 Å². The van der Waals surface area contributed by atoms with Gasteiger partial charge in [0.25, 0.3) is 0 Å². The van der Waals surface area contributed by atoms with Crippen LogP contribution < -0.4 is 0 Å². The predicted molar refractivity (Wildman–Crippen MR) is 88.0 cm³/mol. The molecule has 2 atom stereocenters. The van der Waals surface area contributed by atoms with Gasteiger partial charge in [-0.1, -0.05) is 57.2 Å². The van der Waals surface area contributed by atoms with Crippen molar-refractivity contribution in [3.8, 4) is 0 Å². The number of hydrogen-bond donors (Lipinski definition) is 0. The molecule has 0 unspecified atom stereocenters. The second kappa shape index (κ2) is 9.62. The number of hydrogen-bond acceptors (Lipinski definition) is 3. The highest BCUT2D eigenvalue weighted by Crippen LogP contribution is 2.24. The van der Waals surface area contributed by atoms with Crippen LogP contribution in [0.25, 0.3) is 0 Å². The lowest BCUT2D eigenvalue weighted by Gasteiger charge is -2.14. The fourth-order valence-corrected chi connectivity index (χ4v) is 2.92.